The summed E-state index contributed by atoms with van der Waals surface area (Å²) in [5.41, 5.74) is 0.554. The number of esters is 1. The van der Waals surface area contributed by atoms with Crippen LogP contribution >= 0.6 is 11.3 Å². The van der Waals surface area contributed by atoms with Crippen molar-refractivity contribution < 1.29 is 28.7 Å². The first kappa shape index (κ1) is 43.6. The molecule has 0 bridgehead atoms. The standard InChI is InChI=1S/C40H62N6O6S/c1-11-26(5)34(44-39(51)40(8)19-16-20-45(40)9)37(49)46(10)33(25(3)4)23-31(41-28(7)47)36-43-32(24-53-36)35(48)42-30(21-27(6)38(50)52-12-2)22-29-17-14-13-15-18-29/h13-15,17-18,24-27,30-31,33-34H,11-12,16,19-23H2,1-10H3,(H,41,47)(H,42,48)(H,44,51)/t26-,27-,30+,31+,33+,34-,40+/m0/s1. The van der Waals surface area contributed by atoms with E-state index < -0.39 is 23.5 Å². The number of rotatable bonds is 19. The molecular formula is C40H62N6O6S. The van der Waals surface area contributed by atoms with E-state index >= 15 is 0 Å². The number of carbonyl (C=O) groups is 5. The molecule has 3 N–H and O–H groups in total. The molecule has 1 saturated heterocycles. The van der Waals surface area contributed by atoms with Crippen molar-refractivity contribution in [3.63, 3.8) is 0 Å². The summed E-state index contributed by atoms with van der Waals surface area (Å²) in [5.74, 6) is -1.81. The van der Waals surface area contributed by atoms with Crippen molar-refractivity contribution in [3.05, 3.63) is 52.0 Å². The van der Waals surface area contributed by atoms with E-state index in [0.29, 0.717) is 30.7 Å². The maximum absolute atomic E-state index is 14.3. The van der Waals surface area contributed by atoms with Gasteiger partial charge in [0.15, 0.2) is 0 Å². The Hall–Kier alpha value is -3.84. The van der Waals surface area contributed by atoms with Gasteiger partial charge < -0.3 is 25.6 Å². The van der Waals surface area contributed by atoms with Crippen LogP contribution in [0.2, 0.25) is 0 Å². The Balaban J connectivity index is 1.83. The second-order valence-corrected chi connectivity index (χ2v) is 16.1. The minimum absolute atomic E-state index is 0.00478. The number of benzene rings is 1. The third-order valence-electron chi connectivity index (χ3n) is 10.8. The Morgan fingerprint density at radius 1 is 1.02 bits per heavy atom. The number of nitrogens with zero attached hydrogens (tertiary/aromatic N) is 3. The van der Waals surface area contributed by atoms with E-state index in [-0.39, 0.29) is 65.8 Å². The molecule has 13 heteroatoms. The molecule has 0 radical (unpaired) electrons. The monoisotopic (exact) mass is 754 g/mol. The minimum atomic E-state index is -0.714. The molecule has 0 spiro atoms. The van der Waals surface area contributed by atoms with Crippen molar-refractivity contribution in [1.82, 2.24) is 30.7 Å². The zero-order valence-corrected chi connectivity index (χ0v) is 34.2. The Bertz CT molecular complexity index is 1530. The van der Waals surface area contributed by atoms with Crippen molar-refractivity contribution in [2.45, 2.75) is 124 Å². The molecule has 4 amide bonds. The zero-order valence-electron chi connectivity index (χ0n) is 33.4. The first-order valence-electron chi connectivity index (χ1n) is 19.0. The first-order chi connectivity index (χ1) is 25.0. The van der Waals surface area contributed by atoms with Crippen molar-refractivity contribution >= 4 is 40.9 Å². The average molecular weight is 755 g/mol. The topological polar surface area (TPSA) is 150 Å². The molecule has 0 saturated carbocycles. The predicted molar refractivity (Wildman–Crippen MR) is 208 cm³/mol. The van der Waals surface area contributed by atoms with Gasteiger partial charge in [-0.05, 0) is 76.9 Å². The summed E-state index contributed by atoms with van der Waals surface area (Å²) in [5, 5.41) is 11.4. The predicted octanol–water partition coefficient (Wildman–Crippen LogP) is 5.14. The molecule has 3 rings (SSSR count). The SMILES string of the molecule is CCOC(=O)[C@@H](C)C[C@H](Cc1ccccc1)NC(=O)c1csc([C@@H](C[C@H](C(C)C)N(C)C(=O)[C@@H](NC(=O)[C@@]2(C)CCCN2C)[C@@H](C)CC)NC(C)=O)n1. The van der Waals surface area contributed by atoms with Crippen LogP contribution in [-0.4, -0.2) is 95.3 Å². The lowest BCUT2D eigenvalue weighted by Gasteiger charge is -2.38. The molecule has 7 atom stereocenters. The highest BCUT2D eigenvalue weighted by molar-refractivity contribution is 7.09. The lowest BCUT2D eigenvalue weighted by atomic mass is 9.91. The fourth-order valence-electron chi connectivity index (χ4n) is 7.04. The number of hydrogen-bond acceptors (Lipinski definition) is 9. The van der Waals surface area contributed by atoms with Gasteiger partial charge in [-0.3, -0.25) is 28.9 Å². The molecule has 1 aromatic heterocycles. The van der Waals surface area contributed by atoms with Gasteiger partial charge in [-0.2, -0.15) is 0 Å². The normalized spacial score (nSPS) is 19.4. The Kier molecular flexibility index (Phi) is 16.4. The smallest absolute Gasteiger partial charge is 0.308 e. The first-order valence-corrected chi connectivity index (χ1v) is 19.9. The summed E-state index contributed by atoms with van der Waals surface area (Å²) in [7, 11) is 3.70. The molecule has 1 aliphatic rings. The molecule has 1 aliphatic heterocycles. The Labute approximate surface area is 320 Å². The van der Waals surface area contributed by atoms with Crippen molar-refractivity contribution in [1.29, 1.82) is 0 Å². The third-order valence-corrected chi connectivity index (χ3v) is 11.7. The maximum Gasteiger partial charge on any atom is 0.308 e. The molecule has 2 heterocycles. The quantitative estimate of drug-likeness (QED) is 0.167. The van der Waals surface area contributed by atoms with Gasteiger partial charge >= 0.3 is 5.97 Å². The molecule has 1 fully saturated rings. The van der Waals surface area contributed by atoms with Gasteiger partial charge in [0.1, 0.15) is 16.7 Å². The van der Waals surface area contributed by atoms with E-state index in [4.69, 9.17) is 9.72 Å². The fraction of sp³-hybridized carbons (Fsp3) is 0.650. The van der Waals surface area contributed by atoms with Crippen molar-refractivity contribution in [3.8, 4) is 0 Å². The summed E-state index contributed by atoms with van der Waals surface area (Å²) in [4.78, 5) is 74.9. The summed E-state index contributed by atoms with van der Waals surface area (Å²) in [6, 6.07) is 7.78. The molecule has 53 heavy (non-hydrogen) atoms. The fourth-order valence-corrected chi connectivity index (χ4v) is 7.91. The Morgan fingerprint density at radius 3 is 2.26 bits per heavy atom. The van der Waals surface area contributed by atoms with Crippen LogP contribution in [0.4, 0.5) is 0 Å². The van der Waals surface area contributed by atoms with E-state index in [1.807, 2.05) is 72.0 Å². The van der Waals surface area contributed by atoms with E-state index in [1.54, 1.807) is 31.2 Å². The van der Waals surface area contributed by atoms with Crippen LogP contribution in [0.25, 0.3) is 0 Å². The van der Waals surface area contributed by atoms with Crippen LogP contribution in [-0.2, 0) is 30.3 Å². The summed E-state index contributed by atoms with van der Waals surface area (Å²) in [6.07, 6.45) is 3.61. The minimum Gasteiger partial charge on any atom is -0.466 e. The maximum atomic E-state index is 14.3. The average Bonchev–Trinajstić information content (AvgIpc) is 3.75. The second kappa shape index (κ2) is 20.0. The molecule has 294 valence electrons. The van der Waals surface area contributed by atoms with Crippen LogP contribution < -0.4 is 16.0 Å². The highest BCUT2D eigenvalue weighted by atomic mass is 32.1. The van der Waals surface area contributed by atoms with Crippen LogP contribution in [0.1, 0.15) is 115 Å². The van der Waals surface area contributed by atoms with Gasteiger partial charge in [-0.1, -0.05) is 71.4 Å². The van der Waals surface area contributed by atoms with Gasteiger partial charge in [0.05, 0.1) is 24.1 Å². The number of likely N-dealkylation sites (tertiary alicyclic amines) is 1. The molecule has 0 aliphatic carbocycles. The van der Waals surface area contributed by atoms with E-state index in [1.165, 1.54) is 18.3 Å². The van der Waals surface area contributed by atoms with Crippen LogP contribution in [0.3, 0.4) is 0 Å². The van der Waals surface area contributed by atoms with Crippen molar-refractivity contribution in [2.75, 3.05) is 27.2 Å². The highest BCUT2D eigenvalue weighted by Gasteiger charge is 2.44. The van der Waals surface area contributed by atoms with Crippen LogP contribution in [0, 0.1) is 17.8 Å². The van der Waals surface area contributed by atoms with Crippen molar-refractivity contribution in [2.24, 2.45) is 17.8 Å². The lowest BCUT2D eigenvalue weighted by molar-refractivity contribution is -0.147. The van der Waals surface area contributed by atoms with E-state index in [0.717, 1.165) is 24.9 Å². The van der Waals surface area contributed by atoms with Gasteiger partial charge in [0.25, 0.3) is 5.91 Å². The molecule has 0 unspecified atom stereocenters. The second-order valence-electron chi connectivity index (χ2n) is 15.2. The Morgan fingerprint density at radius 2 is 1.70 bits per heavy atom. The number of aromatic nitrogens is 1. The summed E-state index contributed by atoms with van der Waals surface area (Å²) in [6.45, 7) is 16.1. The van der Waals surface area contributed by atoms with Gasteiger partial charge in [0, 0.05) is 31.4 Å². The van der Waals surface area contributed by atoms with E-state index in [9.17, 15) is 24.0 Å². The number of nitrogens with one attached hydrogen (secondary N) is 3. The largest absolute Gasteiger partial charge is 0.466 e. The van der Waals surface area contributed by atoms with E-state index in [2.05, 4.69) is 20.9 Å². The number of hydrogen-bond donors (Lipinski definition) is 3. The number of thiazole rings is 1. The van der Waals surface area contributed by atoms with Crippen LogP contribution in [0.5, 0.6) is 0 Å². The number of carbonyl (C=O) groups excluding carboxylic acids is 5. The molecule has 2 aromatic rings. The summed E-state index contributed by atoms with van der Waals surface area (Å²) < 4.78 is 5.22. The highest BCUT2D eigenvalue weighted by Crippen LogP contribution is 2.30. The zero-order chi connectivity index (χ0) is 39.5. The third kappa shape index (κ3) is 11.8. The number of ether oxygens (including phenoxy) is 1. The summed E-state index contributed by atoms with van der Waals surface area (Å²) >= 11 is 1.27. The molecule has 1 aromatic carbocycles. The van der Waals surface area contributed by atoms with Crippen LogP contribution in [0.15, 0.2) is 35.7 Å². The number of amides is 4. The number of likely N-dealkylation sites (N-methyl/N-ethyl adjacent to an activating group) is 2. The van der Waals surface area contributed by atoms with Gasteiger partial charge in [-0.15, -0.1) is 11.3 Å². The molecule has 12 nitrogen and oxygen atoms in total. The van der Waals surface area contributed by atoms with Gasteiger partial charge in [-0.25, -0.2) is 4.98 Å². The lowest BCUT2D eigenvalue weighted by Crippen LogP contribution is -2.60. The van der Waals surface area contributed by atoms with Gasteiger partial charge in [0.2, 0.25) is 17.7 Å². The molecular weight excluding hydrogens is 693 g/mol.